The van der Waals surface area contributed by atoms with Gasteiger partial charge in [0, 0.05) is 0 Å². The third kappa shape index (κ3) is 6.21. The predicted molar refractivity (Wildman–Crippen MR) is 59.4 cm³/mol. The minimum Gasteiger partial charge on any atom is -0.0874 e. The molecule has 0 aromatic rings. The van der Waals surface area contributed by atoms with Gasteiger partial charge in [-0.3, -0.25) is 0 Å². The first kappa shape index (κ1) is 14.0. The second-order valence-electron chi connectivity index (χ2n) is 2.49. The van der Waals surface area contributed by atoms with Gasteiger partial charge in [-0.1, -0.05) is 51.0 Å². The molecule has 12 heavy (non-hydrogen) atoms. The van der Waals surface area contributed by atoms with Gasteiger partial charge in [0.2, 0.25) is 0 Å². The molecule has 0 aliphatic carbocycles. The summed E-state index contributed by atoms with van der Waals surface area (Å²) >= 11 is 0. The molecule has 0 spiro atoms. The standard InChI is InChI=1S/C10H18.C2H6/c1-5-8-9(4)10(6-2)7-3;1-2/h5,8H,6-7H2,1-4H3;1-2H3/b8-5-;. The van der Waals surface area contributed by atoms with Gasteiger partial charge in [0.05, 0.1) is 0 Å². The van der Waals surface area contributed by atoms with Crippen molar-refractivity contribution in [3.63, 3.8) is 0 Å². The summed E-state index contributed by atoms with van der Waals surface area (Å²) in [6.07, 6.45) is 6.66. The van der Waals surface area contributed by atoms with E-state index < -0.39 is 0 Å². The first-order valence-electron chi connectivity index (χ1n) is 5.07. The van der Waals surface area contributed by atoms with Gasteiger partial charge in [0.15, 0.2) is 0 Å². The van der Waals surface area contributed by atoms with Crippen LogP contribution in [0.1, 0.15) is 54.4 Å². The van der Waals surface area contributed by atoms with Crippen molar-refractivity contribution in [2.45, 2.75) is 54.4 Å². The van der Waals surface area contributed by atoms with Crippen LogP contribution in [0.4, 0.5) is 0 Å². The van der Waals surface area contributed by atoms with Crippen LogP contribution in [-0.2, 0) is 0 Å². The van der Waals surface area contributed by atoms with Crippen molar-refractivity contribution in [1.82, 2.24) is 0 Å². The molecule has 0 radical (unpaired) electrons. The SMILES string of the molecule is C/C=C\C(C)=C(CC)CC.CC. The van der Waals surface area contributed by atoms with Gasteiger partial charge >= 0.3 is 0 Å². The summed E-state index contributed by atoms with van der Waals surface area (Å²) in [5.41, 5.74) is 3.01. The lowest BCUT2D eigenvalue weighted by atomic mass is 10.0. The fraction of sp³-hybridized carbons (Fsp3) is 0.667. The highest BCUT2D eigenvalue weighted by Crippen LogP contribution is 2.12. The fourth-order valence-corrected chi connectivity index (χ4v) is 1.18. The molecule has 0 saturated carbocycles. The summed E-state index contributed by atoms with van der Waals surface area (Å²) in [5, 5.41) is 0. The van der Waals surface area contributed by atoms with Gasteiger partial charge in [-0.15, -0.1) is 0 Å². The molecule has 0 nitrogen and oxygen atoms in total. The van der Waals surface area contributed by atoms with Crippen LogP contribution in [0.15, 0.2) is 23.3 Å². The van der Waals surface area contributed by atoms with Crippen molar-refractivity contribution >= 4 is 0 Å². The zero-order valence-corrected chi connectivity index (χ0v) is 9.57. The van der Waals surface area contributed by atoms with Crippen LogP contribution in [0.3, 0.4) is 0 Å². The normalized spacial score (nSPS) is 9.17. The predicted octanol–water partition coefficient (Wildman–Crippen LogP) is 4.73. The highest BCUT2D eigenvalue weighted by atomic mass is 14.0. The molecule has 0 aliphatic rings. The first-order valence-corrected chi connectivity index (χ1v) is 5.07. The highest BCUT2D eigenvalue weighted by Gasteiger charge is 1.92. The summed E-state index contributed by atoms with van der Waals surface area (Å²) < 4.78 is 0. The summed E-state index contributed by atoms with van der Waals surface area (Å²) in [5.74, 6) is 0. The fourth-order valence-electron chi connectivity index (χ4n) is 1.18. The summed E-state index contributed by atoms with van der Waals surface area (Å²) in [6.45, 7) is 12.7. The minimum atomic E-state index is 1.19. The Labute approximate surface area is 78.4 Å². The van der Waals surface area contributed by atoms with Crippen LogP contribution in [0.25, 0.3) is 0 Å². The molecule has 72 valence electrons. The van der Waals surface area contributed by atoms with Gasteiger partial charge in [-0.25, -0.2) is 0 Å². The van der Waals surface area contributed by atoms with Gasteiger partial charge in [-0.05, 0) is 26.7 Å². The second kappa shape index (κ2) is 10.5. The van der Waals surface area contributed by atoms with Crippen LogP contribution in [0.2, 0.25) is 0 Å². The van der Waals surface area contributed by atoms with E-state index in [2.05, 4.69) is 39.8 Å². The Morgan fingerprint density at radius 3 is 1.75 bits per heavy atom. The molecule has 0 rings (SSSR count). The summed E-state index contributed by atoms with van der Waals surface area (Å²) in [7, 11) is 0. The molecule has 0 N–H and O–H groups in total. The van der Waals surface area contributed by atoms with E-state index in [4.69, 9.17) is 0 Å². The number of hydrogen-bond acceptors (Lipinski definition) is 0. The largest absolute Gasteiger partial charge is 0.0874 e. The Morgan fingerprint density at radius 2 is 1.50 bits per heavy atom. The van der Waals surface area contributed by atoms with E-state index >= 15 is 0 Å². The molecule has 0 amide bonds. The third-order valence-corrected chi connectivity index (χ3v) is 1.83. The lowest BCUT2D eigenvalue weighted by Gasteiger charge is -2.02. The van der Waals surface area contributed by atoms with Crippen LogP contribution in [-0.4, -0.2) is 0 Å². The van der Waals surface area contributed by atoms with Crippen molar-refractivity contribution in [3.05, 3.63) is 23.3 Å². The monoisotopic (exact) mass is 168 g/mol. The van der Waals surface area contributed by atoms with Crippen molar-refractivity contribution in [2.75, 3.05) is 0 Å². The number of rotatable bonds is 3. The van der Waals surface area contributed by atoms with E-state index in [9.17, 15) is 0 Å². The Kier molecular flexibility index (Phi) is 12.3. The molecule has 0 aromatic carbocycles. The van der Waals surface area contributed by atoms with Crippen molar-refractivity contribution in [3.8, 4) is 0 Å². The Morgan fingerprint density at radius 1 is 1.08 bits per heavy atom. The quantitative estimate of drug-likeness (QED) is 0.535. The van der Waals surface area contributed by atoms with Crippen molar-refractivity contribution in [2.24, 2.45) is 0 Å². The smallest absolute Gasteiger partial charge is 0.0343 e. The van der Waals surface area contributed by atoms with E-state index in [0.29, 0.717) is 0 Å². The van der Waals surface area contributed by atoms with Gasteiger partial charge in [0.25, 0.3) is 0 Å². The van der Waals surface area contributed by atoms with Crippen molar-refractivity contribution in [1.29, 1.82) is 0 Å². The van der Waals surface area contributed by atoms with E-state index in [1.807, 2.05) is 13.8 Å². The first-order chi connectivity index (χ1) is 5.76. The maximum absolute atomic E-state index is 2.21. The van der Waals surface area contributed by atoms with Gasteiger partial charge < -0.3 is 0 Å². The van der Waals surface area contributed by atoms with Crippen LogP contribution >= 0.6 is 0 Å². The maximum atomic E-state index is 2.21. The molecule has 0 bridgehead atoms. The number of hydrogen-bond donors (Lipinski definition) is 0. The van der Waals surface area contributed by atoms with Crippen LogP contribution in [0, 0.1) is 0 Å². The summed E-state index contributed by atoms with van der Waals surface area (Å²) in [4.78, 5) is 0. The molecule has 0 fully saturated rings. The number of allylic oxidation sites excluding steroid dienone is 4. The zero-order valence-electron chi connectivity index (χ0n) is 9.57. The molecule has 0 saturated heterocycles. The second-order valence-corrected chi connectivity index (χ2v) is 2.49. The van der Waals surface area contributed by atoms with Crippen molar-refractivity contribution < 1.29 is 0 Å². The summed E-state index contributed by atoms with van der Waals surface area (Å²) in [6, 6.07) is 0. The van der Waals surface area contributed by atoms with E-state index in [-0.39, 0.29) is 0 Å². The molecular formula is C12H24. The van der Waals surface area contributed by atoms with E-state index in [0.717, 1.165) is 0 Å². The third-order valence-electron chi connectivity index (χ3n) is 1.83. The maximum Gasteiger partial charge on any atom is -0.0343 e. The van der Waals surface area contributed by atoms with Crippen LogP contribution < -0.4 is 0 Å². The molecule has 0 atom stereocenters. The molecule has 0 heterocycles. The topological polar surface area (TPSA) is 0 Å². The Bertz CT molecular complexity index is 132. The highest BCUT2D eigenvalue weighted by molar-refractivity contribution is 5.22. The van der Waals surface area contributed by atoms with Gasteiger partial charge in [0.1, 0.15) is 0 Å². The lowest BCUT2D eigenvalue weighted by Crippen LogP contribution is -1.81. The van der Waals surface area contributed by atoms with E-state index in [1.165, 1.54) is 18.4 Å². The minimum absolute atomic E-state index is 1.19. The molecular weight excluding hydrogens is 144 g/mol. The lowest BCUT2D eigenvalue weighted by molar-refractivity contribution is 0.956. The molecule has 0 aliphatic heterocycles. The average molecular weight is 168 g/mol. The average Bonchev–Trinajstić information content (AvgIpc) is 2.11. The molecule has 0 aromatic heterocycles. The molecule has 0 unspecified atom stereocenters. The van der Waals surface area contributed by atoms with Gasteiger partial charge in [-0.2, -0.15) is 0 Å². The van der Waals surface area contributed by atoms with Crippen LogP contribution in [0.5, 0.6) is 0 Å². The zero-order chi connectivity index (χ0) is 9.98. The Hall–Kier alpha value is -0.520. The van der Waals surface area contributed by atoms with E-state index in [1.54, 1.807) is 5.57 Å². The molecule has 0 heteroatoms. The Balaban J connectivity index is 0.